The molecule has 2 rings (SSSR count). The van der Waals surface area contributed by atoms with Crippen LogP contribution >= 0.6 is 0 Å². The summed E-state index contributed by atoms with van der Waals surface area (Å²) >= 11 is 0. The lowest BCUT2D eigenvalue weighted by Gasteiger charge is -2.11. The van der Waals surface area contributed by atoms with Crippen molar-refractivity contribution >= 4 is 11.6 Å². The van der Waals surface area contributed by atoms with Gasteiger partial charge in [-0.15, -0.1) is 0 Å². The number of aliphatic hydroxyl groups excluding tert-OH is 2. The minimum absolute atomic E-state index is 0.00410. The number of aliphatic hydroxyl groups is 2. The van der Waals surface area contributed by atoms with Crippen LogP contribution in [-0.2, 0) is 9.63 Å². The molecule has 0 bridgehead atoms. The van der Waals surface area contributed by atoms with E-state index >= 15 is 0 Å². The zero-order valence-electron chi connectivity index (χ0n) is 10.3. The lowest BCUT2D eigenvalue weighted by molar-refractivity contribution is -0.131. The summed E-state index contributed by atoms with van der Waals surface area (Å²) in [6.07, 6.45) is -1.24. The number of hydrogen-bond donors (Lipinski definition) is 3. The fourth-order valence-corrected chi connectivity index (χ4v) is 1.72. The molecule has 6 nitrogen and oxygen atoms in total. The molecule has 1 aliphatic heterocycles. The van der Waals surface area contributed by atoms with Gasteiger partial charge in [0.05, 0.1) is 18.4 Å². The molecule has 0 aromatic heterocycles. The van der Waals surface area contributed by atoms with Crippen molar-refractivity contribution in [1.29, 1.82) is 0 Å². The topological polar surface area (TPSA) is 91.2 Å². The first-order valence-electron chi connectivity index (χ1n) is 6.05. The second-order valence-corrected chi connectivity index (χ2v) is 4.28. The number of carbonyl (C=O) groups excluding carboxylic acids is 1. The van der Waals surface area contributed by atoms with Gasteiger partial charge in [-0.1, -0.05) is 35.5 Å². The van der Waals surface area contributed by atoms with Crippen LogP contribution in [0.25, 0.3) is 0 Å². The second kappa shape index (κ2) is 6.31. The Kier molecular flexibility index (Phi) is 4.48. The largest absolute Gasteiger partial charge is 0.394 e. The summed E-state index contributed by atoms with van der Waals surface area (Å²) in [6, 6.07) is 9.49. The van der Waals surface area contributed by atoms with Gasteiger partial charge in [0.15, 0.2) is 0 Å². The van der Waals surface area contributed by atoms with Gasteiger partial charge in [-0.05, 0) is 5.56 Å². The van der Waals surface area contributed by atoms with Crippen LogP contribution < -0.4 is 5.32 Å². The Morgan fingerprint density at radius 2 is 2.21 bits per heavy atom. The minimum atomic E-state index is -0.958. The van der Waals surface area contributed by atoms with Gasteiger partial charge in [0.2, 0.25) is 6.10 Å². The summed E-state index contributed by atoms with van der Waals surface area (Å²) in [7, 11) is 0. The van der Waals surface area contributed by atoms with Crippen molar-refractivity contribution < 1.29 is 19.8 Å². The summed E-state index contributed by atoms with van der Waals surface area (Å²) in [5, 5.41) is 24.2. The van der Waals surface area contributed by atoms with Crippen LogP contribution in [-0.4, -0.2) is 47.2 Å². The normalized spacial score (nSPS) is 19.5. The van der Waals surface area contributed by atoms with Gasteiger partial charge in [-0.2, -0.15) is 0 Å². The molecule has 2 atom stereocenters. The Balaban J connectivity index is 1.85. The van der Waals surface area contributed by atoms with Crippen LogP contribution in [0.1, 0.15) is 12.0 Å². The molecule has 1 amide bonds. The predicted octanol–water partition coefficient (Wildman–Crippen LogP) is -0.351. The molecule has 2 unspecified atom stereocenters. The molecule has 102 valence electrons. The number of benzene rings is 1. The van der Waals surface area contributed by atoms with Crippen LogP contribution in [0, 0.1) is 0 Å². The lowest BCUT2D eigenvalue weighted by atomic mass is 10.0. The minimum Gasteiger partial charge on any atom is -0.394 e. The van der Waals surface area contributed by atoms with Crippen molar-refractivity contribution in [3.63, 3.8) is 0 Å². The molecule has 0 fully saturated rings. The van der Waals surface area contributed by atoms with Crippen molar-refractivity contribution in [2.24, 2.45) is 5.16 Å². The first-order chi connectivity index (χ1) is 9.20. The number of nitrogens with zero attached hydrogens (tertiary/aromatic N) is 1. The van der Waals surface area contributed by atoms with Crippen LogP contribution in [0.3, 0.4) is 0 Å². The highest BCUT2D eigenvalue weighted by Crippen LogP contribution is 2.16. The van der Waals surface area contributed by atoms with Crippen LogP contribution in [0.5, 0.6) is 0 Å². The van der Waals surface area contributed by atoms with Crippen LogP contribution in [0.15, 0.2) is 35.5 Å². The average molecular weight is 264 g/mol. The number of nitrogens with one attached hydrogen (secondary N) is 1. The van der Waals surface area contributed by atoms with Crippen molar-refractivity contribution in [3.05, 3.63) is 35.9 Å². The van der Waals surface area contributed by atoms with Crippen molar-refractivity contribution in [2.45, 2.75) is 18.6 Å². The second-order valence-electron chi connectivity index (χ2n) is 4.28. The summed E-state index contributed by atoms with van der Waals surface area (Å²) in [5.41, 5.74) is 1.65. The molecule has 0 aliphatic carbocycles. The van der Waals surface area contributed by atoms with E-state index < -0.39 is 18.8 Å². The van der Waals surface area contributed by atoms with E-state index in [0.29, 0.717) is 6.42 Å². The smallest absolute Gasteiger partial charge is 0.264 e. The van der Waals surface area contributed by atoms with Gasteiger partial charge in [-0.25, -0.2) is 0 Å². The summed E-state index contributed by atoms with van der Waals surface area (Å²) < 4.78 is 0. The molecule has 1 aromatic carbocycles. The van der Waals surface area contributed by atoms with Gasteiger partial charge in [-0.3, -0.25) is 4.79 Å². The number of amides is 1. The van der Waals surface area contributed by atoms with Gasteiger partial charge in [0, 0.05) is 13.0 Å². The number of rotatable bonds is 5. The SMILES string of the molecule is O=C(NCC(O)CO)C1CC(c2ccccc2)=NO1. The fourth-order valence-electron chi connectivity index (χ4n) is 1.72. The number of carbonyl (C=O) groups is 1. The highest BCUT2D eigenvalue weighted by molar-refractivity contribution is 6.04. The maximum Gasteiger partial charge on any atom is 0.264 e. The highest BCUT2D eigenvalue weighted by atomic mass is 16.6. The van der Waals surface area contributed by atoms with E-state index in [-0.39, 0.29) is 12.5 Å². The van der Waals surface area contributed by atoms with Crippen molar-refractivity contribution in [1.82, 2.24) is 5.32 Å². The van der Waals surface area contributed by atoms with E-state index in [4.69, 9.17) is 15.1 Å². The first kappa shape index (κ1) is 13.5. The summed E-state index contributed by atoms with van der Waals surface area (Å²) in [6.45, 7) is -0.395. The molecule has 1 aliphatic rings. The van der Waals surface area contributed by atoms with E-state index in [1.54, 1.807) is 0 Å². The molecule has 0 radical (unpaired) electrons. The van der Waals surface area contributed by atoms with E-state index in [0.717, 1.165) is 11.3 Å². The van der Waals surface area contributed by atoms with Gasteiger partial charge < -0.3 is 20.4 Å². The Hall–Kier alpha value is -1.92. The fraction of sp³-hybridized carbons (Fsp3) is 0.385. The third kappa shape index (κ3) is 3.52. The first-order valence-corrected chi connectivity index (χ1v) is 6.05. The zero-order valence-corrected chi connectivity index (χ0v) is 10.3. The monoisotopic (exact) mass is 264 g/mol. The Labute approximate surface area is 110 Å². The predicted molar refractivity (Wildman–Crippen MR) is 68.6 cm³/mol. The number of oxime groups is 1. The molecule has 0 spiro atoms. The summed E-state index contributed by atoms with van der Waals surface area (Å²) in [5.74, 6) is -0.345. The van der Waals surface area contributed by atoms with E-state index in [9.17, 15) is 4.79 Å². The molecule has 0 saturated carbocycles. The zero-order chi connectivity index (χ0) is 13.7. The van der Waals surface area contributed by atoms with Crippen LogP contribution in [0.2, 0.25) is 0 Å². The molecular formula is C13H16N2O4. The molecule has 19 heavy (non-hydrogen) atoms. The van der Waals surface area contributed by atoms with E-state index in [1.807, 2.05) is 30.3 Å². The maximum absolute atomic E-state index is 11.7. The Morgan fingerprint density at radius 3 is 2.89 bits per heavy atom. The standard InChI is InChI=1S/C13H16N2O4/c16-8-10(17)7-14-13(18)12-6-11(15-19-12)9-4-2-1-3-5-9/h1-5,10,12,16-17H,6-8H2,(H,14,18). The van der Waals surface area contributed by atoms with Gasteiger partial charge in [0.1, 0.15) is 0 Å². The Morgan fingerprint density at radius 1 is 1.47 bits per heavy atom. The van der Waals surface area contributed by atoms with Gasteiger partial charge >= 0.3 is 0 Å². The van der Waals surface area contributed by atoms with Crippen molar-refractivity contribution in [2.75, 3.05) is 13.2 Å². The van der Waals surface area contributed by atoms with E-state index in [2.05, 4.69) is 10.5 Å². The molecular weight excluding hydrogens is 248 g/mol. The molecule has 3 N–H and O–H groups in total. The lowest BCUT2D eigenvalue weighted by Crippen LogP contribution is -2.40. The number of hydrogen-bond acceptors (Lipinski definition) is 5. The molecule has 0 saturated heterocycles. The maximum atomic E-state index is 11.7. The highest BCUT2D eigenvalue weighted by Gasteiger charge is 2.28. The van der Waals surface area contributed by atoms with Crippen LogP contribution in [0.4, 0.5) is 0 Å². The quantitative estimate of drug-likeness (QED) is 0.678. The third-order valence-corrected chi connectivity index (χ3v) is 2.79. The van der Waals surface area contributed by atoms with E-state index in [1.165, 1.54) is 0 Å². The van der Waals surface area contributed by atoms with Crippen molar-refractivity contribution in [3.8, 4) is 0 Å². The van der Waals surface area contributed by atoms with Gasteiger partial charge in [0.25, 0.3) is 5.91 Å². The molecule has 1 aromatic rings. The molecule has 1 heterocycles. The Bertz CT molecular complexity index is 461. The third-order valence-electron chi connectivity index (χ3n) is 2.79. The summed E-state index contributed by atoms with van der Waals surface area (Å²) in [4.78, 5) is 16.8. The average Bonchev–Trinajstić information content (AvgIpc) is 2.95. The molecule has 6 heteroatoms.